The lowest BCUT2D eigenvalue weighted by Crippen LogP contribution is -2.49. The Balaban J connectivity index is 1.40. The number of hydrogen-bond donors (Lipinski definition) is 0. The molecule has 170 valence electrons. The van der Waals surface area contributed by atoms with Gasteiger partial charge >= 0.3 is 10.2 Å². The molecule has 1 aliphatic carbocycles. The number of benzene rings is 2. The van der Waals surface area contributed by atoms with Gasteiger partial charge in [-0.25, -0.2) is 0 Å². The number of nitrogens with zero attached hydrogens (tertiary/aromatic N) is 2. The average Bonchev–Trinajstić information content (AvgIpc) is 3.49. The van der Waals surface area contributed by atoms with Crippen molar-refractivity contribution in [3.05, 3.63) is 58.6 Å². The van der Waals surface area contributed by atoms with Gasteiger partial charge in [0.2, 0.25) is 5.91 Å². The molecule has 2 aromatic carbocycles. The van der Waals surface area contributed by atoms with Crippen molar-refractivity contribution in [3.63, 3.8) is 0 Å². The standard InChI is InChI=1S/C21H22ClF5N2OS/c1-14-5-6-16(22)12-20(14)28-7-9-29(10-8-28)21(30)19-13-18(19)15-3-2-4-17(11-15)31(23,24,25,26)27/h2-6,11-12,18-19H,7-10,13H2,1H3/t18-,19-/m0/s1. The zero-order valence-electron chi connectivity index (χ0n) is 16.7. The molecule has 0 aromatic heterocycles. The fourth-order valence-corrected chi connectivity index (χ4v) is 5.01. The Hall–Kier alpha value is -2.00. The predicted molar refractivity (Wildman–Crippen MR) is 114 cm³/mol. The fraction of sp³-hybridized carbons (Fsp3) is 0.381. The van der Waals surface area contributed by atoms with Crippen molar-refractivity contribution >= 4 is 33.4 Å². The third-order valence-corrected chi connectivity index (χ3v) is 7.32. The lowest BCUT2D eigenvalue weighted by atomic mass is 10.1. The first-order valence-corrected chi connectivity index (χ1v) is 12.2. The number of anilines is 1. The van der Waals surface area contributed by atoms with Crippen molar-refractivity contribution in [2.75, 3.05) is 31.1 Å². The molecule has 2 atom stereocenters. The van der Waals surface area contributed by atoms with Gasteiger partial charge < -0.3 is 9.80 Å². The van der Waals surface area contributed by atoms with Crippen molar-refractivity contribution in [2.45, 2.75) is 24.2 Å². The number of rotatable bonds is 4. The molecule has 2 fully saturated rings. The van der Waals surface area contributed by atoms with Crippen LogP contribution in [0.4, 0.5) is 25.1 Å². The molecule has 4 rings (SSSR count). The van der Waals surface area contributed by atoms with Gasteiger partial charge in [-0.2, -0.15) is 0 Å². The molecule has 3 nitrogen and oxygen atoms in total. The van der Waals surface area contributed by atoms with Crippen molar-refractivity contribution in [2.24, 2.45) is 5.92 Å². The highest BCUT2D eigenvalue weighted by atomic mass is 35.5. The Morgan fingerprint density at radius 3 is 2.32 bits per heavy atom. The van der Waals surface area contributed by atoms with Crippen LogP contribution in [0.3, 0.4) is 0 Å². The summed E-state index contributed by atoms with van der Waals surface area (Å²) in [5, 5.41) is 0.633. The summed E-state index contributed by atoms with van der Waals surface area (Å²) in [6.07, 6.45) is 0.371. The Kier molecular flexibility index (Phi) is 4.83. The molecule has 10 heteroatoms. The lowest BCUT2D eigenvalue weighted by molar-refractivity contribution is -0.133. The maximum Gasteiger partial charge on any atom is 0.310 e. The van der Waals surface area contributed by atoms with Crippen molar-refractivity contribution in [3.8, 4) is 0 Å². The van der Waals surface area contributed by atoms with Gasteiger partial charge in [0.05, 0.1) is 0 Å². The SMILES string of the molecule is Cc1ccc(Cl)cc1N1CCN(C(=O)[C@H]2C[C@H]2c2cccc(S(F)(F)(F)(F)F)c2)CC1. The predicted octanol–water partition coefficient (Wildman–Crippen LogP) is 6.76. The Morgan fingerprint density at radius 1 is 1.00 bits per heavy atom. The zero-order valence-corrected chi connectivity index (χ0v) is 18.3. The van der Waals surface area contributed by atoms with Gasteiger partial charge in [0.15, 0.2) is 0 Å². The molecule has 2 aliphatic rings. The lowest BCUT2D eigenvalue weighted by Gasteiger charge is -2.40. The van der Waals surface area contributed by atoms with E-state index in [9.17, 15) is 24.2 Å². The van der Waals surface area contributed by atoms with Crippen LogP contribution in [-0.2, 0) is 4.79 Å². The Labute approximate surface area is 182 Å². The van der Waals surface area contributed by atoms with E-state index in [1.54, 1.807) is 4.90 Å². The third kappa shape index (κ3) is 4.77. The smallest absolute Gasteiger partial charge is 0.310 e. The second kappa shape index (κ2) is 6.75. The minimum Gasteiger partial charge on any atom is -0.368 e. The van der Waals surface area contributed by atoms with Crippen LogP contribution in [0.1, 0.15) is 23.5 Å². The van der Waals surface area contributed by atoms with Crippen molar-refractivity contribution < 1.29 is 24.2 Å². The number of halogens is 6. The molecule has 1 heterocycles. The van der Waals surface area contributed by atoms with E-state index in [0.717, 1.165) is 17.3 Å². The van der Waals surface area contributed by atoms with Crippen LogP contribution >= 0.6 is 21.8 Å². The number of amides is 1. The van der Waals surface area contributed by atoms with Gasteiger partial charge in [0, 0.05) is 42.8 Å². The largest absolute Gasteiger partial charge is 0.368 e. The van der Waals surface area contributed by atoms with E-state index in [1.807, 2.05) is 25.1 Å². The first-order valence-electron chi connectivity index (χ1n) is 9.87. The molecule has 1 amide bonds. The van der Waals surface area contributed by atoms with E-state index in [4.69, 9.17) is 11.6 Å². The molecule has 1 saturated heterocycles. The molecular weight excluding hydrogens is 459 g/mol. The van der Waals surface area contributed by atoms with Crippen LogP contribution in [0.2, 0.25) is 5.02 Å². The van der Waals surface area contributed by atoms with Gasteiger partial charge in [-0.15, -0.1) is 0 Å². The summed E-state index contributed by atoms with van der Waals surface area (Å²) in [5.74, 6) is -1.06. The molecule has 1 aliphatic heterocycles. The summed E-state index contributed by atoms with van der Waals surface area (Å²) in [6.45, 7) is 4.19. The molecular formula is C21H22ClF5N2OS. The van der Waals surface area contributed by atoms with Crippen LogP contribution in [0, 0.1) is 12.8 Å². The summed E-state index contributed by atoms with van der Waals surface area (Å²) in [6, 6.07) is 8.89. The molecule has 0 N–H and O–H groups in total. The molecule has 2 aromatic rings. The van der Waals surface area contributed by atoms with Gasteiger partial charge in [0.25, 0.3) is 0 Å². The molecule has 0 radical (unpaired) electrons. The van der Waals surface area contributed by atoms with E-state index < -0.39 is 27.0 Å². The molecule has 0 bridgehead atoms. The maximum atomic E-state index is 13.1. The van der Waals surface area contributed by atoms with Gasteiger partial charge in [-0.1, -0.05) is 49.2 Å². The quantitative estimate of drug-likeness (QED) is 0.451. The van der Waals surface area contributed by atoms with Crippen molar-refractivity contribution in [1.29, 1.82) is 0 Å². The van der Waals surface area contributed by atoms with Gasteiger partial charge in [-0.3, -0.25) is 4.79 Å². The highest BCUT2D eigenvalue weighted by Gasteiger charge is 2.65. The second-order valence-corrected chi connectivity index (χ2v) is 11.1. The van der Waals surface area contributed by atoms with Gasteiger partial charge in [-0.05, 0) is 54.7 Å². The number of carbonyl (C=O) groups excluding carboxylic acids is 1. The summed E-state index contributed by atoms with van der Waals surface area (Å²) in [5.41, 5.74) is 2.23. The summed E-state index contributed by atoms with van der Waals surface area (Å²) >= 11 is 6.09. The average molecular weight is 481 g/mol. The highest BCUT2D eigenvalue weighted by Crippen LogP contribution is 3.02. The third-order valence-electron chi connectivity index (χ3n) is 5.94. The number of piperazine rings is 1. The van der Waals surface area contributed by atoms with E-state index in [2.05, 4.69) is 4.90 Å². The topological polar surface area (TPSA) is 23.6 Å². The fourth-order valence-electron chi connectivity index (χ4n) is 4.15. The molecule has 1 saturated carbocycles. The zero-order chi connectivity index (χ0) is 22.7. The van der Waals surface area contributed by atoms with Gasteiger partial charge in [0.1, 0.15) is 4.90 Å². The minimum absolute atomic E-state index is 0.134. The first-order chi connectivity index (χ1) is 14.2. The Morgan fingerprint density at radius 2 is 1.68 bits per heavy atom. The van der Waals surface area contributed by atoms with E-state index >= 15 is 0 Å². The van der Waals surface area contributed by atoms with Crippen LogP contribution in [0.25, 0.3) is 0 Å². The van der Waals surface area contributed by atoms with E-state index in [-0.39, 0.29) is 11.5 Å². The monoisotopic (exact) mass is 480 g/mol. The van der Waals surface area contributed by atoms with E-state index in [1.165, 1.54) is 6.07 Å². The number of hydrogen-bond acceptors (Lipinski definition) is 2. The molecule has 0 unspecified atom stereocenters. The molecule has 0 spiro atoms. The summed E-state index contributed by atoms with van der Waals surface area (Å²) < 4.78 is 65.5. The Bertz CT molecular complexity index is 1040. The molecule has 31 heavy (non-hydrogen) atoms. The van der Waals surface area contributed by atoms with Crippen LogP contribution in [0.15, 0.2) is 47.4 Å². The van der Waals surface area contributed by atoms with Crippen LogP contribution in [0.5, 0.6) is 0 Å². The summed E-state index contributed by atoms with van der Waals surface area (Å²) in [7, 11) is -9.74. The van der Waals surface area contributed by atoms with E-state index in [0.29, 0.717) is 49.8 Å². The first kappa shape index (κ1) is 22.2. The normalized spacial score (nSPS) is 23.8. The van der Waals surface area contributed by atoms with Crippen LogP contribution < -0.4 is 4.90 Å². The summed E-state index contributed by atoms with van der Waals surface area (Å²) in [4.78, 5) is 14.8. The number of carbonyl (C=O) groups is 1. The highest BCUT2D eigenvalue weighted by molar-refractivity contribution is 8.45. The minimum atomic E-state index is -9.74. The van der Waals surface area contributed by atoms with Crippen LogP contribution in [-0.4, -0.2) is 37.0 Å². The van der Waals surface area contributed by atoms with Crippen molar-refractivity contribution in [1.82, 2.24) is 4.90 Å². The maximum absolute atomic E-state index is 13.1. The second-order valence-electron chi connectivity index (χ2n) is 8.23. The number of aryl methyl sites for hydroxylation is 1.